The van der Waals surface area contributed by atoms with Gasteiger partial charge in [0.05, 0.1) is 20.1 Å². The third-order valence-electron chi connectivity index (χ3n) is 2.03. The second-order valence-corrected chi connectivity index (χ2v) is 3.60. The molecule has 0 atom stereocenters. The van der Waals surface area contributed by atoms with Gasteiger partial charge in [-0.15, -0.1) is 11.6 Å². The number of hydrogen-bond acceptors (Lipinski definition) is 2. The first-order valence-corrected chi connectivity index (χ1v) is 5.42. The first-order valence-electron chi connectivity index (χ1n) is 4.88. The Morgan fingerprint density at radius 2 is 1.94 bits per heavy atom. The highest BCUT2D eigenvalue weighted by Gasteiger charge is 2.27. The molecule has 0 aliphatic carbocycles. The molecule has 1 aromatic rings. The molecular weight excluding hydrogens is 257 g/mol. The summed E-state index contributed by atoms with van der Waals surface area (Å²) in [7, 11) is 1.42. The molecule has 96 valence electrons. The summed E-state index contributed by atoms with van der Waals surface area (Å²) in [6, 6.07) is 4.91. The molecular formula is C11H12ClF3O2. The standard InChI is InChI=1S/C11H12ClF3O2/c1-16-9-3-2-8(7-12)6-10(9)17-5-4-11(13,14)15/h2-3,6H,4-5,7H2,1H3. The van der Waals surface area contributed by atoms with E-state index in [0.29, 0.717) is 5.75 Å². The monoisotopic (exact) mass is 268 g/mol. The maximum Gasteiger partial charge on any atom is 0.392 e. The summed E-state index contributed by atoms with van der Waals surface area (Å²) in [5.41, 5.74) is 0.759. The molecule has 2 nitrogen and oxygen atoms in total. The van der Waals surface area contributed by atoms with Crippen molar-refractivity contribution in [3.63, 3.8) is 0 Å². The maximum atomic E-state index is 12.0. The molecule has 0 amide bonds. The zero-order valence-corrected chi connectivity index (χ0v) is 9.94. The molecule has 0 bridgehead atoms. The molecule has 0 saturated heterocycles. The van der Waals surface area contributed by atoms with Crippen LogP contribution in [0, 0.1) is 0 Å². The number of alkyl halides is 4. The lowest BCUT2D eigenvalue weighted by Crippen LogP contribution is -2.13. The second-order valence-electron chi connectivity index (χ2n) is 3.33. The molecule has 0 spiro atoms. The number of ether oxygens (including phenoxy) is 2. The van der Waals surface area contributed by atoms with Gasteiger partial charge in [0.1, 0.15) is 0 Å². The van der Waals surface area contributed by atoms with Crippen LogP contribution in [0.15, 0.2) is 18.2 Å². The Kier molecular flexibility index (Phi) is 4.93. The van der Waals surface area contributed by atoms with Crippen LogP contribution in [0.1, 0.15) is 12.0 Å². The van der Waals surface area contributed by atoms with Crippen molar-refractivity contribution in [3.8, 4) is 11.5 Å². The minimum atomic E-state index is -4.22. The minimum Gasteiger partial charge on any atom is -0.493 e. The summed E-state index contributed by atoms with van der Waals surface area (Å²) in [6.07, 6.45) is -5.22. The lowest BCUT2D eigenvalue weighted by atomic mass is 10.2. The van der Waals surface area contributed by atoms with Crippen molar-refractivity contribution in [1.29, 1.82) is 0 Å². The molecule has 0 aromatic heterocycles. The third-order valence-corrected chi connectivity index (χ3v) is 2.33. The van der Waals surface area contributed by atoms with Gasteiger partial charge < -0.3 is 9.47 Å². The van der Waals surface area contributed by atoms with Gasteiger partial charge in [-0.1, -0.05) is 6.07 Å². The van der Waals surface area contributed by atoms with Crippen molar-refractivity contribution in [1.82, 2.24) is 0 Å². The highest BCUT2D eigenvalue weighted by Crippen LogP contribution is 2.29. The summed E-state index contributed by atoms with van der Waals surface area (Å²) in [4.78, 5) is 0. The van der Waals surface area contributed by atoms with E-state index in [1.165, 1.54) is 7.11 Å². The number of benzene rings is 1. The second kappa shape index (κ2) is 6.00. The molecule has 0 aliphatic heterocycles. The Labute approximate surface area is 102 Å². The van der Waals surface area contributed by atoms with Gasteiger partial charge in [0, 0.05) is 5.88 Å². The predicted molar refractivity (Wildman–Crippen MR) is 58.7 cm³/mol. The van der Waals surface area contributed by atoms with Crippen LogP contribution < -0.4 is 9.47 Å². The quantitative estimate of drug-likeness (QED) is 0.757. The molecule has 0 radical (unpaired) electrons. The zero-order chi connectivity index (χ0) is 12.9. The van der Waals surface area contributed by atoms with E-state index in [-0.39, 0.29) is 11.6 Å². The van der Waals surface area contributed by atoms with Gasteiger partial charge in [-0.05, 0) is 17.7 Å². The van der Waals surface area contributed by atoms with E-state index >= 15 is 0 Å². The zero-order valence-electron chi connectivity index (χ0n) is 9.18. The largest absolute Gasteiger partial charge is 0.493 e. The Balaban J connectivity index is 2.68. The minimum absolute atomic E-state index is 0.264. The molecule has 1 aromatic carbocycles. The summed E-state index contributed by atoms with van der Waals surface area (Å²) in [5.74, 6) is 0.926. The summed E-state index contributed by atoms with van der Waals surface area (Å²) >= 11 is 5.62. The Bertz CT molecular complexity index is 366. The normalized spacial score (nSPS) is 11.4. The average Bonchev–Trinajstić information content (AvgIpc) is 2.27. The highest BCUT2D eigenvalue weighted by molar-refractivity contribution is 6.17. The highest BCUT2D eigenvalue weighted by atomic mass is 35.5. The summed E-state index contributed by atoms with van der Waals surface area (Å²) < 4.78 is 45.9. The fourth-order valence-electron chi connectivity index (χ4n) is 1.19. The van der Waals surface area contributed by atoms with E-state index in [1.54, 1.807) is 18.2 Å². The SMILES string of the molecule is COc1ccc(CCl)cc1OCCC(F)(F)F. The molecule has 0 saturated carbocycles. The van der Waals surface area contributed by atoms with E-state index in [0.717, 1.165) is 5.56 Å². The van der Waals surface area contributed by atoms with Crippen LogP contribution in [0.25, 0.3) is 0 Å². The molecule has 0 fully saturated rings. The molecule has 0 aliphatic rings. The smallest absolute Gasteiger partial charge is 0.392 e. The fourth-order valence-corrected chi connectivity index (χ4v) is 1.36. The van der Waals surface area contributed by atoms with E-state index in [4.69, 9.17) is 21.1 Å². The van der Waals surface area contributed by atoms with Crippen molar-refractivity contribution < 1.29 is 22.6 Å². The van der Waals surface area contributed by atoms with E-state index in [1.807, 2.05) is 0 Å². The summed E-state index contributed by atoms with van der Waals surface area (Å²) in [5, 5.41) is 0. The Hall–Kier alpha value is -1.10. The molecule has 1 rings (SSSR count). The molecule has 17 heavy (non-hydrogen) atoms. The van der Waals surface area contributed by atoms with Crippen LogP contribution in [-0.4, -0.2) is 19.9 Å². The molecule has 0 N–H and O–H groups in total. The molecule has 6 heteroatoms. The van der Waals surface area contributed by atoms with Gasteiger partial charge >= 0.3 is 6.18 Å². The van der Waals surface area contributed by atoms with Crippen molar-refractivity contribution in [2.45, 2.75) is 18.5 Å². The van der Waals surface area contributed by atoms with Gasteiger partial charge in [0.15, 0.2) is 11.5 Å². The average molecular weight is 269 g/mol. The summed E-state index contributed by atoms with van der Waals surface area (Å²) in [6.45, 7) is -0.439. The predicted octanol–water partition coefficient (Wildman–Crippen LogP) is 3.77. The third kappa shape index (κ3) is 4.73. The lowest BCUT2D eigenvalue weighted by molar-refractivity contribution is -0.139. The van der Waals surface area contributed by atoms with Gasteiger partial charge in [-0.3, -0.25) is 0 Å². The fraction of sp³-hybridized carbons (Fsp3) is 0.455. The van der Waals surface area contributed by atoms with Crippen molar-refractivity contribution >= 4 is 11.6 Å². The van der Waals surface area contributed by atoms with E-state index in [9.17, 15) is 13.2 Å². The van der Waals surface area contributed by atoms with Gasteiger partial charge in [-0.2, -0.15) is 13.2 Å². The van der Waals surface area contributed by atoms with Crippen LogP contribution in [0.4, 0.5) is 13.2 Å². The van der Waals surface area contributed by atoms with E-state index < -0.39 is 19.2 Å². The van der Waals surface area contributed by atoms with Crippen LogP contribution in [0.5, 0.6) is 11.5 Å². The number of methoxy groups -OCH3 is 1. The van der Waals surface area contributed by atoms with Crippen LogP contribution in [0.2, 0.25) is 0 Å². The Morgan fingerprint density at radius 3 is 2.47 bits per heavy atom. The maximum absolute atomic E-state index is 12.0. The number of halogens is 4. The topological polar surface area (TPSA) is 18.5 Å². The van der Waals surface area contributed by atoms with Crippen LogP contribution in [-0.2, 0) is 5.88 Å². The first kappa shape index (κ1) is 14.0. The number of hydrogen-bond donors (Lipinski definition) is 0. The Morgan fingerprint density at radius 1 is 1.24 bits per heavy atom. The number of rotatable bonds is 5. The van der Waals surface area contributed by atoms with Crippen molar-refractivity contribution in [2.24, 2.45) is 0 Å². The molecule has 0 heterocycles. The molecule has 0 unspecified atom stereocenters. The van der Waals surface area contributed by atoms with Gasteiger partial charge in [0.25, 0.3) is 0 Å². The van der Waals surface area contributed by atoms with Crippen molar-refractivity contribution in [3.05, 3.63) is 23.8 Å². The van der Waals surface area contributed by atoms with E-state index in [2.05, 4.69) is 0 Å². The lowest BCUT2D eigenvalue weighted by Gasteiger charge is -2.12. The van der Waals surface area contributed by atoms with Crippen molar-refractivity contribution in [2.75, 3.05) is 13.7 Å². The van der Waals surface area contributed by atoms with Crippen LogP contribution >= 0.6 is 11.6 Å². The van der Waals surface area contributed by atoms with Crippen LogP contribution in [0.3, 0.4) is 0 Å². The first-order chi connectivity index (χ1) is 7.96. The van der Waals surface area contributed by atoms with Gasteiger partial charge in [0.2, 0.25) is 0 Å². The van der Waals surface area contributed by atoms with Gasteiger partial charge in [-0.25, -0.2) is 0 Å².